The molecule has 1 aromatic rings. The minimum absolute atomic E-state index is 0.139. The highest BCUT2D eigenvalue weighted by Gasteiger charge is 2.53. The standard InChI is InChI=1S/C20H25BClNO2/c1-18(2)19(3,4)25-21(24-18)16-10-12-20(13-11-16,14-23-5)15-6-8-17(22)9-7-15/h6-10H,11-14H2,1-4H3. The molecular weight excluding hydrogens is 332 g/mol. The van der Waals surface area contributed by atoms with E-state index in [-0.39, 0.29) is 23.7 Å². The second kappa shape index (κ2) is 6.47. The molecule has 1 saturated heterocycles. The summed E-state index contributed by atoms with van der Waals surface area (Å²) in [5.74, 6) is 0. The van der Waals surface area contributed by atoms with Gasteiger partial charge in [0, 0.05) is 5.02 Å². The first-order chi connectivity index (χ1) is 11.7. The normalized spacial score (nSPS) is 27.7. The minimum Gasteiger partial charge on any atom is -0.400 e. The average molecular weight is 358 g/mol. The predicted molar refractivity (Wildman–Crippen MR) is 103 cm³/mol. The summed E-state index contributed by atoms with van der Waals surface area (Å²) < 4.78 is 12.4. The van der Waals surface area contributed by atoms with Gasteiger partial charge in [-0.25, -0.2) is 6.57 Å². The zero-order valence-electron chi connectivity index (χ0n) is 15.4. The van der Waals surface area contributed by atoms with Crippen LogP contribution in [0.15, 0.2) is 35.8 Å². The average Bonchev–Trinajstić information content (AvgIpc) is 2.77. The lowest BCUT2D eigenvalue weighted by Crippen LogP contribution is -2.41. The van der Waals surface area contributed by atoms with Crippen molar-refractivity contribution in [2.24, 2.45) is 0 Å². The minimum atomic E-state index is -0.320. The Kier molecular flexibility index (Phi) is 4.79. The molecule has 0 N–H and O–H groups in total. The van der Waals surface area contributed by atoms with Crippen LogP contribution in [0.2, 0.25) is 5.02 Å². The van der Waals surface area contributed by atoms with Crippen LogP contribution >= 0.6 is 11.6 Å². The molecule has 1 aromatic carbocycles. The quantitative estimate of drug-likeness (QED) is 0.545. The maximum absolute atomic E-state index is 7.41. The first-order valence-electron chi connectivity index (χ1n) is 8.83. The molecule has 5 heteroatoms. The Bertz CT molecular complexity index is 704. The summed E-state index contributed by atoms with van der Waals surface area (Å²) in [6.07, 6.45) is 4.86. The predicted octanol–water partition coefficient (Wildman–Crippen LogP) is 5.24. The van der Waals surface area contributed by atoms with E-state index in [0.29, 0.717) is 6.54 Å². The Morgan fingerprint density at radius 1 is 1.12 bits per heavy atom. The highest BCUT2D eigenvalue weighted by molar-refractivity contribution is 6.54. The van der Waals surface area contributed by atoms with Gasteiger partial charge in [-0.15, -0.1) is 0 Å². The number of nitrogens with zero attached hydrogens (tertiary/aromatic N) is 1. The monoisotopic (exact) mass is 357 g/mol. The third kappa shape index (κ3) is 3.38. The van der Waals surface area contributed by atoms with Crippen LogP contribution in [-0.2, 0) is 14.7 Å². The summed E-state index contributed by atoms with van der Waals surface area (Å²) in [5.41, 5.74) is 1.62. The molecule has 0 saturated carbocycles. The molecule has 1 fully saturated rings. The molecule has 0 bridgehead atoms. The van der Waals surface area contributed by atoms with E-state index in [9.17, 15) is 0 Å². The Morgan fingerprint density at radius 3 is 2.20 bits per heavy atom. The lowest BCUT2D eigenvalue weighted by molar-refractivity contribution is 0.00578. The van der Waals surface area contributed by atoms with E-state index in [1.54, 1.807) is 0 Å². The van der Waals surface area contributed by atoms with E-state index < -0.39 is 0 Å². The number of rotatable bonds is 3. The smallest absolute Gasteiger partial charge is 0.400 e. The molecule has 1 heterocycles. The summed E-state index contributed by atoms with van der Waals surface area (Å²) >= 11 is 6.03. The Morgan fingerprint density at radius 2 is 1.72 bits per heavy atom. The van der Waals surface area contributed by atoms with E-state index in [2.05, 4.69) is 50.7 Å². The second-order valence-electron chi connectivity index (χ2n) is 8.17. The molecule has 3 rings (SSSR count). The molecule has 0 radical (unpaired) electrons. The second-order valence-corrected chi connectivity index (χ2v) is 8.61. The number of hydrogen-bond acceptors (Lipinski definition) is 2. The largest absolute Gasteiger partial charge is 0.490 e. The van der Waals surface area contributed by atoms with Crippen LogP contribution in [0.25, 0.3) is 4.85 Å². The van der Waals surface area contributed by atoms with Crippen molar-refractivity contribution >= 4 is 18.7 Å². The molecule has 2 aliphatic rings. The lowest BCUT2D eigenvalue weighted by atomic mass is 9.63. The zero-order valence-corrected chi connectivity index (χ0v) is 16.2. The molecule has 1 atom stereocenters. The van der Waals surface area contributed by atoms with Gasteiger partial charge in [0.2, 0.25) is 6.54 Å². The maximum Gasteiger partial charge on any atom is 0.490 e. The fourth-order valence-electron chi connectivity index (χ4n) is 3.57. The van der Waals surface area contributed by atoms with Crippen LogP contribution in [0.4, 0.5) is 0 Å². The van der Waals surface area contributed by atoms with Gasteiger partial charge in [0.15, 0.2) is 0 Å². The van der Waals surface area contributed by atoms with Gasteiger partial charge in [0.05, 0.1) is 16.6 Å². The van der Waals surface area contributed by atoms with Gasteiger partial charge in [-0.1, -0.05) is 29.8 Å². The molecule has 1 aliphatic carbocycles. The van der Waals surface area contributed by atoms with Gasteiger partial charge in [-0.3, -0.25) is 0 Å². The van der Waals surface area contributed by atoms with Crippen molar-refractivity contribution < 1.29 is 9.31 Å². The van der Waals surface area contributed by atoms with Crippen LogP contribution in [0.1, 0.15) is 52.5 Å². The van der Waals surface area contributed by atoms with Crippen molar-refractivity contribution in [2.45, 2.75) is 63.6 Å². The van der Waals surface area contributed by atoms with Gasteiger partial charge in [0.1, 0.15) is 0 Å². The first kappa shape index (κ1) is 18.5. The highest BCUT2D eigenvalue weighted by Crippen LogP contribution is 2.44. The van der Waals surface area contributed by atoms with Gasteiger partial charge < -0.3 is 14.2 Å². The van der Waals surface area contributed by atoms with Crippen LogP contribution in [-0.4, -0.2) is 24.9 Å². The Balaban J connectivity index is 1.82. The van der Waals surface area contributed by atoms with Crippen LogP contribution in [0, 0.1) is 6.57 Å². The number of benzene rings is 1. The molecular formula is C20H25BClNO2. The fraction of sp³-hybridized carbons (Fsp3) is 0.550. The van der Waals surface area contributed by atoms with Crippen LogP contribution in [0.5, 0.6) is 0 Å². The van der Waals surface area contributed by atoms with E-state index in [1.165, 1.54) is 11.0 Å². The number of hydrogen-bond donors (Lipinski definition) is 0. The Labute approximate surface area is 156 Å². The van der Waals surface area contributed by atoms with Crippen molar-refractivity contribution in [3.05, 3.63) is 57.8 Å². The Hall–Kier alpha value is -1.28. The van der Waals surface area contributed by atoms with Crippen LogP contribution in [0.3, 0.4) is 0 Å². The lowest BCUT2D eigenvalue weighted by Gasteiger charge is -2.33. The molecule has 0 amide bonds. The number of halogens is 1. The van der Waals surface area contributed by atoms with Crippen molar-refractivity contribution in [1.29, 1.82) is 0 Å². The fourth-order valence-corrected chi connectivity index (χ4v) is 3.70. The highest BCUT2D eigenvalue weighted by atomic mass is 35.5. The van der Waals surface area contributed by atoms with Gasteiger partial charge in [-0.05, 0) is 70.1 Å². The molecule has 25 heavy (non-hydrogen) atoms. The molecule has 132 valence electrons. The SMILES string of the molecule is [C-]#[N+]CC1(c2ccc(Cl)cc2)CC=C(B2OC(C)(C)C(C)(C)O2)CC1. The third-order valence-electron chi connectivity index (χ3n) is 6.04. The van der Waals surface area contributed by atoms with Crippen LogP contribution < -0.4 is 0 Å². The molecule has 0 aromatic heterocycles. The number of allylic oxidation sites excluding steroid dienone is 2. The first-order valence-corrected chi connectivity index (χ1v) is 9.21. The van der Waals surface area contributed by atoms with Crippen molar-refractivity contribution in [1.82, 2.24) is 0 Å². The zero-order chi connectivity index (χ0) is 18.3. The molecule has 0 spiro atoms. The maximum atomic E-state index is 7.41. The molecule has 3 nitrogen and oxygen atoms in total. The van der Waals surface area contributed by atoms with E-state index in [4.69, 9.17) is 27.5 Å². The van der Waals surface area contributed by atoms with Crippen molar-refractivity contribution in [3.8, 4) is 0 Å². The third-order valence-corrected chi connectivity index (χ3v) is 6.29. The van der Waals surface area contributed by atoms with Crippen molar-refractivity contribution in [3.63, 3.8) is 0 Å². The molecule has 1 aliphatic heterocycles. The summed E-state index contributed by atoms with van der Waals surface area (Å²) in [4.78, 5) is 3.72. The summed E-state index contributed by atoms with van der Waals surface area (Å²) in [6, 6.07) is 7.94. The van der Waals surface area contributed by atoms with Crippen molar-refractivity contribution in [2.75, 3.05) is 6.54 Å². The molecule has 1 unspecified atom stereocenters. The summed E-state index contributed by atoms with van der Waals surface area (Å²) in [5, 5.41) is 0.728. The van der Waals surface area contributed by atoms with Gasteiger partial charge >= 0.3 is 7.12 Å². The van der Waals surface area contributed by atoms with Gasteiger partial charge in [-0.2, -0.15) is 0 Å². The summed E-state index contributed by atoms with van der Waals surface area (Å²) in [7, 11) is -0.277. The van der Waals surface area contributed by atoms with E-state index in [1.807, 2.05) is 12.1 Å². The van der Waals surface area contributed by atoms with E-state index >= 15 is 0 Å². The summed E-state index contributed by atoms with van der Waals surface area (Å²) in [6.45, 7) is 16.2. The topological polar surface area (TPSA) is 22.8 Å². The van der Waals surface area contributed by atoms with E-state index in [0.717, 1.165) is 24.3 Å². The van der Waals surface area contributed by atoms with Gasteiger partial charge in [0.25, 0.3) is 0 Å².